The second-order valence-corrected chi connectivity index (χ2v) is 11.7. The van der Waals surface area contributed by atoms with Crippen LogP contribution in [0.3, 0.4) is 0 Å². The average Bonchev–Trinajstić information content (AvgIpc) is 2.95. The van der Waals surface area contributed by atoms with Gasteiger partial charge in [-0.1, -0.05) is 66.2 Å². The molecule has 6 heteroatoms. The van der Waals surface area contributed by atoms with Gasteiger partial charge in [0, 0.05) is 37.6 Å². The van der Waals surface area contributed by atoms with Crippen molar-refractivity contribution in [3.63, 3.8) is 0 Å². The van der Waals surface area contributed by atoms with Crippen LogP contribution in [0.15, 0.2) is 102 Å². The molecule has 0 saturated heterocycles. The minimum absolute atomic E-state index is 0.188. The van der Waals surface area contributed by atoms with E-state index in [0.717, 1.165) is 30.9 Å². The van der Waals surface area contributed by atoms with E-state index in [9.17, 15) is 8.42 Å². The van der Waals surface area contributed by atoms with Gasteiger partial charge in [0.05, 0.1) is 12.0 Å². The minimum Gasteiger partial charge on any atom is -0.367 e. The molecule has 0 aliphatic rings. The summed E-state index contributed by atoms with van der Waals surface area (Å²) in [7, 11) is -2.48. The molecule has 0 unspecified atom stereocenters. The van der Waals surface area contributed by atoms with Gasteiger partial charge >= 0.3 is 0 Å². The molecule has 4 aromatic rings. The van der Waals surface area contributed by atoms with Gasteiger partial charge in [0.2, 0.25) is 0 Å². The Morgan fingerprint density at radius 3 is 1.45 bits per heavy atom. The number of rotatable bonds is 10. The molecule has 0 bridgehead atoms. The van der Waals surface area contributed by atoms with Crippen molar-refractivity contribution in [2.75, 3.05) is 30.0 Å². The molecular weight excluding hydrogens is 516 g/mol. The number of hydrogen-bond donors (Lipinski definition) is 0. The van der Waals surface area contributed by atoms with Gasteiger partial charge in [-0.15, -0.1) is 0 Å². The molecule has 0 fully saturated rings. The molecule has 0 saturated carbocycles. The van der Waals surface area contributed by atoms with Crippen LogP contribution in [0.4, 0.5) is 11.4 Å². The van der Waals surface area contributed by atoms with Crippen LogP contribution in [0.5, 0.6) is 0 Å². The lowest BCUT2D eigenvalue weighted by Crippen LogP contribution is -2.22. The van der Waals surface area contributed by atoms with E-state index in [1.54, 1.807) is 18.2 Å². The molecule has 0 radical (unpaired) electrons. The molecule has 0 spiro atoms. The third kappa shape index (κ3) is 8.97. The Hall–Kier alpha value is -3.61. The summed E-state index contributed by atoms with van der Waals surface area (Å²) in [5, 5.41) is 0. The average molecular weight is 559 g/mol. The highest BCUT2D eigenvalue weighted by Crippen LogP contribution is 2.21. The summed E-state index contributed by atoms with van der Waals surface area (Å²) in [4.78, 5) is 4.79. The first-order valence-electron chi connectivity index (χ1n) is 13.7. The number of benzene rings is 4. The quantitative estimate of drug-likeness (QED) is 0.187. The van der Waals surface area contributed by atoms with Gasteiger partial charge in [-0.3, -0.25) is 4.18 Å². The number of hydrogen-bond acceptors (Lipinski definition) is 5. The number of nitrogens with zero attached hydrogens (tertiary/aromatic N) is 2. The van der Waals surface area contributed by atoms with Crippen LogP contribution in [0.1, 0.15) is 41.7 Å². The van der Waals surface area contributed by atoms with E-state index in [-0.39, 0.29) is 4.90 Å². The SMILES string of the molecule is CCN(Cc1cccc(C)c1)c1cccc(C)c1.CCN(Cc1cccc(S(=O)(=O)OC)c1)c1cccc(C)c1. The van der Waals surface area contributed by atoms with Crippen LogP contribution >= 0.6 is 0 Å². The largest absolute Gasteiger partial charge is 0.367 e. The highest BCUT2D eigenvalue weighted by molar-refractivity contribution is 7.86. The van der Waals surface area contributed by atoms with Gasteiger partial charge in [-0.2, -0.15) is 8.42 Å². The Bertz CT molecular complexity index is 1480. The van der Waals surface area contributed by atoms with Crippen molar-refractivity contribution in [1.82, 2.24) is 0 Å². The highest BCUT2D eigenvalue weighted by Gasteiger charge is 2.14. The first-order valence-corrected chi connectivity index (χ1v) is 15.1. The normalized spacial score (nSPS) is 10.9. The molecule has 40 heavy (non-hydrogen) atoms. The van der Waals surface area contributed by atoms with Gasteiger partial charge in [0.15, 0.2) is 0 Å². The standard InChI is InChI=1S/C17H21NO3S.C17H21N/c1-4-18(16-9-5-7-14(2)11-16)13-15-8-6-10-17(12-15)22(19,20)21-3;1-4-18(17-10-6-8-15(3)12-17)13-16-9-5-7-14(2)11-16/h5-12H,4,13H2,1-3H3;5-12H,4,13H2,1-3H3. The van der Waals surface area contributed by atoms with Gasteiger partial charge in [0.25, 0.3) is 10.1 Å². The van der Waals surface area contributed by atoms with Crippen molar-refractivity contribution in [2.24, 2.45) is 0 Å². The fraction of sp³-hybridized carbons (Fsp3) is 0.294. The lowest BCUT2D eigenvalue weighted by Gasteiger charge is -2.24. The van der Waals surface area contributed by atoms with Gasteiger partial charge in [-0.25, -0.2) is 0 Å². The van der Waals surface area contributed by atoms with E-state index >= 15 is 0 Å². The second kappa shape index (κ2) is 14.7. The summed E-state index contributed by atoms with van der Waals surface area (Å²) in [5.41, 5.74) is 8.58. The Kier molecular flexibility index (Phi) is 11.4. The summed E-state index contributed by atoms with van der Waals surface area (Å²) in [6.45, 7) is 14.1. The second-order valence-electron chi connectivity index (χ2n) is 9.96. The minimum atomic E-state index is -3.65. The van der Waals surface area contributed by atoms with Crippen molar-refractivity contribution in [3.8, 4) is 0 Å². The fourth-order valence-corrected chi connectivity index (χ4v) is 5.30. The predicted octanol–water partition coefficient (Wildman–Crippen LogP) is 7.69. The van der Waals surface area contributed by atoms with Gasteiger partial charge < -0.3 is 9.80 Å². The van der Waals surface area contributed by atoms with Crippen LogP contribution in [0.2, 0.25) is 0 Å². The molecule has 0 N–H and O–H groups in total. The third-order valence-corrected chi connectivity index (χ3v) is 8.00. The molecular formula is C34H42N2O3S. The van der Waals surface area contributed by atoms with Gasteiger partial charge in [0.1, 0.15) is 0 Å². The number of aryl methyl sites for hydroxylation is 3. The zero-order valence-corrected chi connectivity index (χ0v) is 25.4. The Morgan fingerprint density at radius 2 is 1.02 bits per heavy atom. The summed E-state index contributed by atoms with van der Waals surface area (Å²) < 4.78 is 28.1. The summed E-state index contributed by atoms with van der Waals surface area (Å²) in [6, 6.07) is 32.6. The molecule has 0 aliphatic carbocycles. The lowest BCUT2D eigenvalue weighted by molar-refractivity contribution is 0.397. The maximum atomic E-state index is 11.8. The van der Waals surface area contributed by atoms with E-state index in [4.69, 9.17) is 0 Å². The van der Waals surface area contributed by atoms with Crippen molar-refractivity contribution in [3.05, 3.63) is 125 Å². The zero-order valence-electron chi connectivity index (χ0n) is 24.6. The molecule has 0 aliphatic heterocycles. The molecule has 0 aromatic heterocycles. The molecule has 4 rings (SSSR count). The van der Waals surface area contributed by atoms with Gasteiger partial charge in [-0.05, 0) is 93.3 Å². The topological polar surface area (TPSA) is 49.9 Å². The van der Waals surface area contributed by atoms with E-state index in [1.165, 1.54) is 35.1 Å². The summed E-state index contributed by atoms with van der Waals surface area (Å²) >= 11 is 0. The van der Waals surface area contributed by atoms with Crippen LogP contribution in [-0.4, -0.2) is 28.6 Å². The number of anilines is 2. The van der Waals surface area contributed by atoms with Crippen molar-refractivity contribution in [1.29, 1.82) is 0 Å². The zero-order chi connectivity index (χ0) is 29.1. The molecule has 0 amide bonds. The Labute approximate surface area is 241 Å². The molecule has 4 aromatic carbocycles. The van der Waals surface area contributed by atoms with E-state index in [0.29, 0.717) is 6.54 Å². The molecule has 0 atom stereocenters. The summed E-state index contributed by atoms with van der Waals surface area (Å²) in [6.07, 6.45) is 0. The molecule has 5 nitrogen and oxygen atoms in total. The van der Waals surface area contributed by atoms with E-state index < -0.39 is 10.1 Å². The predicted molar refractivity (Wildman–Crippen MR) is 168 cm³/mol. The molecule has 0 heterocycles. The van der Waals surface area contributed by atoms with E-state index in [1.807, 2.05) is 12.1 Å². The smallest absolute Gasteiger partial charge is 0.296 e. The fourth-order valence-electron chi connectivity index (χ4n) is 4.57. The van der Waals surface area contributed by atoms with E-state index in [2.05, 4.69) is 115 Å². The van der Waals surface area contributed by atoms with Crippen LogP contribution in [-0.2, 0) is 27.4 Å². The maximum Gasteiger partial charge on any atom is 0.296 e. The monoisotopic (exact) mass is 558 g/mol. The maximum absolute atomic E-state index is 11.8. The van der Waals surface area contributed by atoms with Crippen molar-refractivity contribution < 1.29 is 12.6 Å². The van der Waals surface area contributed by atoms with Crippen LogP contribution in [0.25, 0.3) is 0 Å². The lowest BCUT2D eigenvalue weighted by atomic mass is 10.1. The van der Waals surface area contributed by atoms with Crippen molar-refractivity contribution in [2.45, 2.75) is 52.6 Å². The first kappa shape index (κ1) is 30.9. The first-order chi connectivity index (χ1) is 19.1. The van der Waals surface area contributed by atoms with Crippen LogP contribution < -0.4 is 9.80 Å². The Morgan fingerprint density at radius 1 is 0.600 bits per heavy atom. The highest BCUT2D eigenvalue weighted by atomic mass is 32.2. The summed E-state index contributed by atoms with van der Waals surface area (Å²) in [5.74, 6) is 0. The third-order valence-electron chi connectivity index (χ3n) is 6.73. The van der Waals surface area contributed by atoms with Crippen molar-refractivity contribution >= 4 is 21.5 Å². The van der Waals surface area contributed by atoms with Crippen LogP contribution in [0, 0.1) is 20.8 Å². The Balaban J connectivity index is 0.000000225. The molecule has 212 valence electrons.